The minimum atomic E-state index is -3.97. The maximum atomic E-state index is 12.8. The van der Waals surface area contributed by atoms with Crippen molar-refractivity contribution >= 4 is 48.7 Å². The number of anilines is 2. The Morgan fingerprint density at radius 3 is 2.29 bits per heavy atom. The van der Waals surface area contributed by atoms with Gasteiger partial charge in [0.05, 0.1) is 11.9 Å². The molecule has 0 bridgehead atoms. The molecule has 31 heavy (non-hydrogen) atoms. The summed E-state index contributed by atoms with van der Waals surface area (Å²) in [4.78, 5) is 12.6. The van der Waals surface area contributed by atoms with Gasteiger partial charge in [-0.15, -0.1) is 11.3 Å². The van der Waals surface area contributed by atoms with Crippen molar-refractivity contribution < 1.29 is 21.6 Å². The molecule has 3 rings (SSSR count). The predicted molar refractivity (Wildman–Crippen MR) is 122 cm³/mol. The van der Waals surface area contributed by atoms with Gasteiger partial charge in [0.15, 0.2) is 0 Å². The van der Waals surface area contributed by atoms with Gasteiger partial charge < -0.3 is 5.32 Å². The molecule has 0 radical (unpaired) electrons. The number of carbonyl (C=O) groups is 1. The van der Waals surface area contributed by atoms with Gasteiger partial charge in [-0.3, -0.25) is 14.2 Å². The molecule has 0 atom stereocenters. The normalized spacial score (nSPS) is 11.7. The summed E-state index contributed by atoms with van der Waals surface area (Å²) >= 11 is 1.00. The highest BCUT2D eigenvalue weighted by molar-refractivity contribution is 7.93. The molecule has 164 valence electrons. The number of hydrogen-bond donors (Lipinski definition) is 3. The van der Waals surface area contributed by atoms with E-state index in [-0.39, 0.29) is 16.3 Å². The second-order valence-electron chi connectivity index (χ2n) is 6.80. The van der Waals surface area contributed by atoms with Crippen molar-refractivity contribution in [1.82, 2.24) is 5.32 Å². The largest absolute Gasteiger partial charge is 0.347 e. The quantitative estimate of drug-likeness (QED) is 0.458. The zero-order valence-corrected chi connectivity index (χ0v) is 19.2. The zero-order valence-electron chi connectivity index (χ0n) is 16.7. The SMILES string of the molecule is Cc1ccc(NS(=O)(=O)c2ccsc2C(=O)NCc2ccccc2NS(C)(=O)=O)cc1. The summed E-state index contributed by atoms with van der Waals surface area (Å²) in [5.74, 6) is -0.576. The molecule has 2 aromatic carbocycles. The van der Waals surface area contributed by atoms with E-state index in [4.69, 9.17) is 0 Å². The molecule has 0 saturated carbocycles. The molecule has 0 fully saturated rings. The number of aryl methyl sites for hydroxylation is 1. The minimum absolute atomic E-state index is 0.0142. The van der Waals surface area contributed by atoms with Crippen LogP contribution in [0, 0.1) is 6.92 Å². The first-order valence-electron chi connectivity index (χ1n) is 9.06. The zero-order chi connectivity index (χ0) is 22.6. The van der Waals surface area contributed by atoms with E-state index in [1.807, 2.05) is 6.92 Å². The average molecular weight is 480 g/mol. The van der Waals surface area contributed by atoms with E-state index in [1.165, 1.54) is 11.4 Å². The summed E-state index contributed by atoms with van der Waals surface area (Å²) in [6.45, 7) is 1.91. The molecule has 1 amide bonds. The molecule has 0 spiro atoms. The highest BCUT2D eigenvalue weighted by Gasteiger charge is 2.24. The van der Waals surface area contributed by atoms with Crippen molar-refractivity contribution in [3.8, 4) is 0 Å². The van der Waals surface area contributed by atoms with Gasteiger partial charge in [-0.2, -0.15) is 0 Å². The van der Waals surface area contributed by atoms with Gasteiger partial charge >= 0.3 is 0 Å². The third kappa shape index (κ3) is 6.06. The van der Waals surface area contributed by atoms with Gasteiger partial charge in [0.2, 0.25) is 10.0 Å². The van der Waals surface area contributed by atoms with E-state index in [2.05, 4.69) is 14.8 Å². The van der Waals surface area contributed by atoms with Crippen molar-refractivity contribution in [1.29, 1.82) is 0 Å². The number of carbonyl (C=O) groups excluding carboxylic acids is 1. The molecule has 0 aliphatic heterocycles. The summed E-state index contributed by atoms with van der Waals surface area (Å²) in [7, 11) is -7.45. The number of rotatable bonds is 8. The molecule has 0 unspecified atom stereocenters. The van der Waals surface area contributed by atoms with Crippen LogP contribution in [0.15, 0.2) is 64.9 Å². The van der Waals surface area contributed by atoms with E-state index in [9.17, 15) is 21.6 Å². The number of amides is 1. The summed E-state index contributed by atoms with van der Waals surface area (Å²) in [5, 5.41) is 4.18. The first-order chi connectivity index (χ1) is 14.5. The van der Waals surface area contributed by atoms with Crippen molar-refractivity contribution in [3.63, 3.8) is 0 Å². The van der Waals surface area contributed by atoms with Crippen LogP contribution in [0.1, 0.15) is 20.8 Å². The highest BCUT2D eigenvalue weighted by Crippen LogP contribution is 2.25. The summed E-state index contributed by atoms with van der Waals surface area (Å²) in [5.41, 5.74) is 2.26. The first kappa shape index (κ1) is 22.8. The van der Waals surface area contributed by atoms with E-state index in [0.717, 1.165) is 23.2 Å². The molecule has 0 saturated heterocycles. The van der Waals surface area contributed by atoms with Crippen LogP contribution in [0.25, 0.3) is 0 Å². The average Bonchev–Trinajstić information content (AvgIpc) is 3.19. The lowest BCUT2D eigenvalue weighted by atomic mass is 10.2. The topological polar surface area (TPSA) is 121 Å². The minimum Gasteiger partial charge on any atom is -0.347 e. The van der Waals surface area contributed by atoms with Crippen LogP contribution < -0.4 is 14.8 Å². The van der Waals surface area contributed by atoms with Crippen molar-refractivity contribution in [2.24, 2.45) is 0 Å². The van der Waals surface area contributed by atoms with Gasteiger partial charge in [0, 0.05) is 12.2 Å². The predicted octanol–water partition coefficient (Wildman–Crippen LogP) is 3.16. The smallest absolute Gasteiger partial charge is 0.263 e. The van der Waals surface area contributed by atoms with Gasteiger partial charge in [-0.1, -0.05) is 35.9 Å². The van der Waals surface area contributed by atoms with E-state index < -0.39 is 26.0 Å². The van der Waals surface area contributed by atoms with Crippen LogP contribution in [0.4, 0.5) is 11.4 Å². The Morgan fingerprint density at radius 1 is 0.935 bits per heavy atom. The van der Waals surface area contributed by atoms with Crippen LogP contribution in [-0.2, 0) is 26.6 Å². The number of benzene rings is 2. The van der Waals surface area contributed by atoms with Crippen LogP contribution >= 0.6 is 11.3 Å². The standard InChI is InChI=1S/C20H21N3O5S3/c1-14-7-9-16(10-8-14)22-31(27,28)18-11-12-29-19(18)20(24)21-13-15-5-3-4-6-17(15)23-30(2,25)26/h3-12,22-23H,13H2,1-2H3,(H,21,24). The van der Waals surface area contributed by atoms with Crippen molar-refractivity contribution in [3.05, 3.63) is 76.0 Å². The number of hydrogen-bond acceptors (Lipinski definition) is 6. The summed E-state index contributed by atoms with van der Waals surface area (Å²) in [6, 6.07) is 14.8. The Balaban J connectivity index is 1.76. The van der Waals surface area contributed by atoms with Gasteiger partial charge in [-0.25, -0.2) is 16.8 Å². The van der Waals surface area contributed by atoms with Gasteiger partial charge in [0.1, 0.15) is 9.77 Å². The third-order valence-electron chi connectivity index (χ3n) is 4.18. The second-order valence-corrected chi connectivity index (χ2v) is 11.1. The number of para-hydroxylation sites is 1. The molecule has 8 nitrogen and oxygen atoms in total. The Bertz CT molecular complexity index is 1300. The maximum Gasteiger partial charge on any atom is 0.263 e. The molecular formula is C20H21N3O5S3. The molecule has 1 heterocycles. The number of thiophene rings is 1. The van der Waals surface area contributed by atoms with Crippen molar-refractivity contribution in [2.75, 3.05) is 15.7 Å². The molecular weight excluding hydrogens is 458 g/mol. The van der Waals surface area contributed by atoms with Crippen LogP contribution in [-0.4, -0.2) is 29.0 Å². The molecule has 0 aliphatic rings. The molecule has 0 aliphatic carbocycles. The molecule has 3 N–H and O–H groups in total. The summed E-state index contributed by atoms with van der Waals surface area (Å²) < 4.78 is 53.5. The lowest BCUT2D eigenvalue weighted by Crippen LogP contribution is -2.25. The Kier molecular flexibility index (Phi) is 6.68. The molecule has 1 aromatic heterocycles. The number of nitrogens with one attached hydrogen (secondary N) is 3. The monoisotopic (exact) mass is 479 g/mol. The lowest BCUT2D eigenvalue weighted by molar-refractivity contribution is 0.0952. The van der Waals surface area contributed by atoms with Gasteiger partial charge in [0.25, 0.3) is 15.9 Å². The Hall–Kier alpha value is -2.89. The van der Waals surface area contributed by atoms with Gasteiger partial charge in [-0.05, 0) is 42.1 Å². The Labute approximate surface area is 185 Å². The van der Waals surface area contributed by atoms with Crippen LogP contribution in [0.5, 0.6) is 0 Å². The Morgan fingerprint density at radius 2 is 1.61 bits per heavy atom. The van der Waals surface area contributed by atoms with Crippen molar-refractivity contribution in [2.45, 2.75) is 18.4 Å². The van der Waals surface area contributed by atoms with Crippen LogP contribution in [0.3, 0.4) is 0 Å². The summed E-state index contributed by atoms with van der Waals surface area (Å²) in [6.07, 6.45) is 1.03. The van der Waals surface area contributed by atoms with E-state index in [0.29, 0.717) is 16.9 Å². The second kappa shape index (κ2) is 9.08. The maximum absolute atomic E-state index is 12.8. The fraction of sp³-hybridized carbons (Fsp3) is 0.150. The third-order valence-corrected chi connectivity index (χ3v) is 7.24. The van der Waals surface area contributed by atoms with Crippen LogP contribution in [0.2, 0.25) is 0 Å². The molecule has 11 heteroatoms. The molecule has 3 aromatic rings. The first-order valence-corrected chi connectivity index (χ1v) is 13.3. The fourth-order valence-corrected chi connectivity index (χ4v) is 5.74. The highest BCUT2D eigenvalue weighted by atomic mass is 32.2. The number of sulfonamides is 2. The lowest BCUT2D eigenvalue weighted by Gasteiger charge is -2.12. The fourth-order valence-electron chi connectivity index (χ4n) is 2.74. The van der Waals surface area contributed by atoms with E-state index in [1.54, 1.807) is 48.5 Å². The van der Waals surface area contributed by atoms with E-state index >= 15 is 0 Å².